The van der Waals surface area contributed by atoms with E-state index in [0.717, 1.165) is 37.9 Å². The van der Waals surface area contributed by atoms with Gasteiger partial charge in [0.05, 0.1) is 5.71 Å². The largest absolute Gasteiger partial charge is 0.293 e. The van der Waals surface area contributed by atoms with Crippen molar-refractivity contribution in [1.29, 1.82) is 0 Å². The smallest absolute Gasteiger partial charge is 0.179 e. The summed E-state index contributed by atoms with van der Waals surface area (Å²) in [6.07, 6.45) is 6.73. The third kappa shape index (κ3) is 1.43. The van der Waals surface area contributed by atoms with Gasteiger partial charge in [-0.05, 0) is 25.7 Å². The molecule has 0 aromatic rings. The molecule has 2 heteroatoms. The monoisotopic (exact) mass is 165 g/mol. The van der Waals surface area contributed by atoms with Crippen LogP contribution < -0.4 is 0 Å². The average molecular weight is 165 g/mol. The van der Waals surface area contributed by atoms with Crippen molar-refractivity contribution in [2.24, 2.45) is 10.9 Å². The normalized spacial score (nSPS) is 24.5. The topological polar surface area (TPSA) is 29.4 Å². The predicted octanol–water partition coefficient (Wildman–Crippen LogP) is 1.98. The Morgan fingerprint density at radius 2 is 2.00 bits per heavy atom. The zero-order valence-electron chi connectivity index (χ0n) is 7.38. The standard InChI is InChI=1S/C10H15NO/c12-10(8-4-1-2-5-8)9-6-3-7-11-9/h8H,1-7H2. The number of carbonyl (C=O) groups is 1. The van der Waals surface area contributed by atoms with Crippen LogP contribution in [0.15, 0.2) is 4.99 Å². The molecule has 2 nitrogen and oxygen atoms in total. The van der Waals surface area contributed by atoms with Crippen molar-refractivity contribution >= 4 is 11.5 Å². The molecule has 0 spiro atoms. The Kier molecular flexibility index (Phi) is 2.24. The number of carbonyl (C=O) groups excluding carboxylic acids is 1. The van der Waals surface area contributed by atoms with Crippen molar-refractivity contribution < 1.29 is 4.79 Å². The van der Waals surface area contributed by atoms with Crippen LogP contribution in [-0.2, 0) is 4.79 Å². The van der Waals surface area contributed by atoms with Crippen LogP contribution in [0.4, 0.5) is 0 Å². The first kappa shape index (κ1) is 7.96. The van der Waals surface area contributed by atoms with E-state index in [1.54, 1.807) is 0 Å². The molecule has 1 saturated carbocycles. The van der Waals surface area contributed by atoms with Crippen molar-refractivity contribution in [3.8, 4) is 0 Å². The minimum absolute atomic E-state index is 0.335. The molecule has 1 heterocycles. The van der Waals surface area contributed by atoms with Gasteiger partial charge in [-0.3, -0.25) is 9.79 Å². The Bertz CT molecular complexity index is 214. The van der Waals surface area contributed by atoms with Gasteiger partial charge in [0, 0.05) is 12.5 Å². The van der Waals surface area contributed by atoms with E-state index < -0.39 is 0 Å². The second kappa shape index (κ2) is 3.38. The fraction of sp³-hybridized carbons (Fsp3) is 0.800. The summed E-state index contributed by atoms with van der Waals surface area (Å²) < 4.78 is 0. The van der Waals surface area contributed by atoms with Gasteiger partial charge in [0.2, 0.25) is 0 Å². The molecule has 0 saturated heterocycles. The van der Waals surface area contributed by atoms with Gasteiger partial charge in [-0.2, -0.15) is 0 Å². The van der Waals surface area contributed by atoms with Gasteiger partial charge in [0.15, 0.2) is 5.78 Å². The van der Waals surface area contributed by atoms with Crippen molar-refractivity contribution in [2.75, 3.05) is 6.54 Å². The Morgan fingerprint density at radius 1 is 1.25 bits per heavy atom. The molecule has 66 valence electrons. The lowest BCUT2D eigenvalue weighted by molar-refractivity contribution is -0.116. The molecule has 1 aliphatic heterocycles. The number of Topliss-reactive ketones (excluding diaryl/α,β-unsaturated/α-hetero) is 1. The van der Waals surface area contributed by atoms with Crippen LogP contribution in [0.5, 0.6) is 0 Å². The fourth-order valence-corrected chi connectivity index (χ4v) is 2.16. The summed E-state index contributed by atoms with van der Waals surface area (Å²) in [7, 11) is 0. The Morgan fingerprint density at radius 3 is 2.58 bits per heavy atom. The summed E-state index contributed by atoms with van der Waals surface area (Å²) in [5, 5.41) is 0. The number of nitrogens with zero attached hydrogens (tertiary/aromatic N) is 1. The zero-order chi connectivity index (χ0) is 8.39. The van der Waals surface area contributed by atoms with Gasteiger partial charge in [-0.15, -0.1) is 0 Å². The van der Waals surface area contributed by atoms with Gasteiger partial charge in [-0.1, -0.05) is 12.8 Å². The van der Waals surface area contributed by atoms with E-state index in [1.165, 1.54) is 12.8 Å². The summed E-state index contributed by atoms with van der Waals surface area (Å²) >= 11 is 0. The van der Waals surface area contributed by atoms with Crippen LogP contribution in [0, 0.1) is 5.92 Å². The molecule has 12 heavy (non-hydrogen) atoms. The molecule has 0 N–H and O–H groups in total. The molecular formula is C10H15NO. The highest BCUT2D eigenvalue weighted by atomic mass is 16.1. The van der Waals surface area contributed by atoms with E-state index >= 15 is 0 Å². The first-order valence-electron chi connectivity index (χ1n) is 4.95. The van der Waals surface area contributed by atoms with E-state index in [-0.39, 0.29) is 0 Å². The van der Waals surface area contributed by atoms with Crippen molar-refractivity contribution in [3.05, 3.63) is 0 Å². The minimum Gasteiger partial charge on any atom is -0.293 e. The van der Waals surface area contributed by atoms with E-state index in [2.05, 4.69) is 4.99 Å². The molecule has 2 aliphatic rings. The number of hydrogen-bond acceptors (Lipinski definition) is 2. The minimum atomic E-state index is 0.335. The highest BCUT2D eigenvalue weighted by Gasteiger charge is 2.27. The molecule has 0 bridgehead atoms. The molecule has 2 rings (SSSR count). The molecule has 0 radical (unpaired) electrons. The van der Waals surface area contributed by atoms with Gasteiger partial charge >= 0.3 is 0 Å². The quantitative estimate of drug-likeness (QED) is 0.615. The van der Waals surface area contributed by atoms with E-state index in [4.69, 9.17) is 0 Å². The van der Waals surface area contributed by atoms with Gasteiger partial charge in [0.25, 0.3) is 0 Å². The van der Waals surface area contributed by atoms with Crippen LogP contribution in [0.1, 0.15) is 38.5 Å². The first-order chi connectivity index (χ1) is 5.88. The Balaban J connectivity index is 1.98. The number of hydrogen-bond donors (Lipinski definition) is 0. The summed E-state index contributed by atoms with van der Waals surface area (Å²) in [6.45, 7) is 0.883. The van der Waals surface area contributed by atoms with Crippen LogP contribution >= 0.6 is 0 Å². The molecule has 0 amide bonds. The molecule has 0 unspecified atom stereocenters. The maximum absolute atomic E-state index is 11.7. The van der Waals surface area contributed by atoms with Crippen molar-refractivity contribution in [1.82, 2.24) is 0 Å². The second-order valence-electron chi connectivity index (χ2n) is 3.78. The zero-order valence-corrected chi connectivity index (χ0v) is 7.38. The molecule has 0 aromatic carbocycles. The number of ketones is 1. The lowest BCUT2D eigenvalue weighted by Gasteiger charge is -2.06. The van der Waals surface area contributed by atoms with Crippen LogP contribution in [0.2, 0.25) is 0 Å². The molecular weight excluding hydrogens is 150 g/mol. The Labute approximate surface area is 73.1 Å². The van der Waals surface area contributed by atoms with Crippen LogP contribution in [0.3, 0.4) is 0 Å². The van der Waals surface area contributed by atoms with Crippen molar-refractivity contribution in [2.45, 2.75) is 38.5 Å². The summed E-state index contributed by atoms with van der Waals surface area (Å²) in [6, 6.07) is 0. The van der Waals surface area contributed by atoms with Crippen molar-refractivity contribution in [3.63, 3.8) is 0 Å². The number of rotatable bonds is 2. The molecule has 1 fully saturated rings. The maximum atomic E-state index is 11.7. The van der Waals surface area contributed by atoms with Gasteiger partial charge < -0.3 is 0 Å². The molecule has 0 aromatic heterocycles. The highest BCUT2D eigenvalue weighted by molar-refractivity contribution is 6.41. The lowest BCUT2D eigenvalue weighted by atomic mass is 9.97. The average Bonchev–Trinajstić information content (AvgIpc) is 2.77. The number of aliphatic imine (C=N–C) groups is 1. The van der Waals surface area contributed by atoms with E-state index in [1.807, 2.05) is 0 Å². The summed E-state index contributed by atoms with van der Waals surface area (Å²) in [5.41, 5.74) is 0.891. The molecule has 1 aliphatic carbocycles. The summed E-state index contributed by atoms with van der Waals surface area (Å²) in [4.78, 5) is 16.0. The highest BCUT2D eigenvalue weighted by Crippen LogP contribution is 2.27. The Hall–Kier alpha value is -0.660. The second-order valence-corrected chi connectivity index (χ2v) is 3.78. The summed E-state index contributed by atoms with van der Waals surface area (Å²) in [5.74, 6) is 0.701. The third-order valence-electron chi connectivity index (χ3n) is 2.88. The fourth-order valence-electron chi connectivity index (χ4n) is 2.16. The SMILES string of the molecule is O=C(C1=NCCC1)C1CCCC1. The molecule has 0 atom stereocenters. The van der Waals surface area contributed by atoms with Gasteiger partial charge in [-0.25, -0.2) is 0 Å². The predicted molar refractivity (Wildman–Crippen MR) is 48.5 cm³/mol. The van der Waals surface area contributed by atoms with Crippen LogP contribution in [0.25, 0.3) is 0 Å². The maximum Gasteiger partial charge on any atom is 0.179 e. The van der Waals surface area contributed by atoms with E-state index in [0.29, 0.717) is 11.7 Å². The first-order valence-corrected chi connectivity index (χ1v) is 4.95. The third-order valence-corrected chi connectivity index (χ3v) is 2.88. The van der Waals surface area contributed by atoms with Crippen LogP contribution in [-0.4, -0.2) is 18.0 Å². The van der Waals surface area contributed by atoms with Gasteiger partial charge in [0.1, 0.15) is 0 Å². The van der Waals surface area contributed by atoms with E-state index in [9.17, 15) is 4.79 Å². The lowest BCUT2D eigenvalue weighted by Crippen LogP contribution is -2.19.